The van der Waals surface area contributed by atoms with Gasteiger partial charge in [-0.1, -0.05) is 24.3 Å². The van der Waals surface area contributed by atoms with E-state index in [1.165, 1.54) is 5.56 Å². The summed E-state index contributed by atoms with van der Waals surface area (Å²) in [7, 11) is 3.84. The quantitative estimate of drug-likeness (QED) is 0.432. The molecule has 1 saturated heterocycles. The number of benzene rings is 2. The lowest BCUT2D eigenvalue weighted by Gasteiger charge is -2.33. The average molecular weight is 506 g/mol. The number of hydrogen-bond donors (Lipinski definition) is 1. The van der Waals surface area contributed by atoms with Crippen molar-refractivity contribution in [2.75, 3.05) is 45.2 Å². The van der Waals surface area contributed by atoms with Crippen LogP contribution in [-0.2, 0) is 16.6 Å². The number of Topliss-reactive ketones (excluding diaryl/α,β-unsaturated/α-hetero) is 1. The number of ketones is 1. The van der Waals surface area contributed by atoms with Gasteiger partial charge in [-0.15, -0.1) is 0 Å². The molecule has 1 spiro atoms. The average Bonchev–Trinajstić information content (AvgIpc) is 3.49. The number of H-pyrrole nitrogens is 1. The van der Waals surface area contributed by atoms with Crippen molar-refractivity contribution in [3.63, 3.8) is 0 Å². The first-order valence-electron chi connectivity index (χ1n) is 13.3. The maximum absolute atomic E-state index is 13.1. The molecule has 2 fully saturated rings. The molecule has 1 N–H and O–H groups in total. The largest absolute Gasteiger partial charge is 0.497 e. The molecule has 4 aromatic rings. The Morgan fingerprint density at radius 3 is 2.71 bits per heavy atom. The minimum absolute atomic E-state index is 0.194. The summed E-state index contributed by atoms with van der Waals surface area (Å²) in [5.41, 5.74) is 6.00. The van der Waals surface area contributed by atoms with Crippen molar-refractivity contribution >= 4 is 34.7 Å². The van der Waals surface area contributed by atoms with Gasteiger partial charge in [0.25, 0.3) is 0 Å². The van der Waals surface area contributed by atoms with Gasteiger partial charge in [0.2, 0.25) is 0 Å². The normalized spacial score (nSPS) is 23.1. The van der Waals surface area contributed by atoms with Crippen LogP contribution in [-0.4, -0.2) is 66.2 Å². The van der Waals surface area contributed by atoms with Gasteiger partial charge >= 0.3 is 0 Å². The van der Waals surface area contributed by atoms with E-state index in [1.807, 2.05) is 24.4 Å². The van der Waals surface area contributed by atoms with Crippen LogP contribution >= 0.6 is 0 Å². The second kappa shape index (κ2) is 8.81. The van der Waals surface area contributed by atoms with Gasteiger partial charge in [-0.3, -0.25) is 9.89 Å². The Morgan fingerprint density at radius 2 is 1.92 bits per heavy atom. The Bertz CT molecular complexity index is 1570. The number of methoxy groups -OCH3 is 1. The third-order valence-electron chi connectivity index (χ3n) is 8.66. The zero-order chi connectivity index (χ0) is 25.9. The van der Waals surface area contributed by atoms with E-state index in [0.717, 1.165) is 77.5 Å². The van der Waals surface area contributed by atoms with E-state index in [2.05, 4.69) is 74.5 Å². The van der Waals surface area contributed by atoms with Crippen molar-refractivity contribution in [1.29, 1.82) is 0 Å². The second-order valence-electron chi connectivity index (χ2n) is 10.8. The molecule has 7 heteroatoms. The number of hydrogen-bond acceptors (Lipinski definition) is 6. The van der Waals surface area contributed by atoms with E-state index in [4.69, 9.17) is 4.74 Å². The van der Waals surface area contributed by atoms with Crippen LogP contribution in [0.25, 0.3) is 23.1 Å². The number of fused-ring (bicyclic) bond motifs is 3. The number of carbonyl (C=O) groups excluding carboxylic acids is 1. The van der Waals surface area contributed by atoms with Crippen molar-refractivity contribution in [3.05, 3.63) is 82.7 Å². The van der Waals surface area contributed by atoms with Crippen LogP contribution in [0, 0.1) is 0 Å². The minimum atomic E-state index is -0.399. The van der Waals surface area contributed by atoms with Crippen LogP contribution in [0.15, 0.2) is 54.7 Å². The number of nitrogens with one attached hydrogen (secondary N) is 1. The van der Waals surface area contributed by atoms with Crippen LogP contribution in [0.1, 0.15) is 40.3 Å². The van der Waals surface area contributed by atoms with Gasteiger partial charge in [0, 0.05) is 50.1 Å². The first-order chi connectivity index (χ1) is 18.5. The van der Waals surface area contributed by atoms with Crippen LogP contribution in [0.4, 0.5) is 5.82 Å². The van der Waals surface area contributed by atoms with Crippen LogP contribution in [0.5, 0.6) is 5.75 Å². The molecule has 0 radical (unpaired) electrons. The molecule has 2 aromatic carbocycles. The molecule has 7 rings (SSSR count). The monoisotopic (exact) mass is 505 g/mol. The first kappa shape index (κ1) is 23.2. The topological polar surface area (TPSA) is 74.3 Å². The Morgan fingerprint density at radius 1 is 1.05 bits per heavy atom. The van der Waals surface area contributed by atoms with E-state index < -0.39 is 5.41 Å². The molecule has 7 nitrogen and oxygen atoms in total. The van der Waals surface area contributed by atoms with E-state index in [0.29, 0.717) is 12.2 Å². The predicted octanol–water partition coefficient (Wildman–Crippen LogP) is 4.44. The Hall–Kier alpha value is -3.97. The lowest BCUT2D eigenvalue weighted by molar-refractivity contribution is -0.120. The molecule has 3 heterocycles. The van der Waals surface area contributed by atoms with Crippen molar-refractivity contribution in [2.24, 2.45) is 0 Å². The SMILES string of the molecule is COc1ccc2c(c1)[C@]1(CC1c1ccc3c(/C=C/c4ccc(N5CCN(C)CC5)nc4)n[nH]c3c1)C(=O)C2. The van der Waals surface area contributed by atoms with Crippen LogP contribution < -0.4 is 9.64 Å². The van der Waals surface area contributed by atoms with Crippen molar-refractivity contribution in [1.82, 2.24) is 20.1 Å². The Balaban J connectivity index is 1.09. The summed E-state index contributed by atoms with van der Waals surface area (Å²) < 4.78 is 5.45. The van der Waals surface area contributed by atoms with Crippen molar-refractivity contribution < 1.29 is 9.53 Å². The molecule has 1 aliphatic heterocycles. The lowest BCUT2D eigenvalue weighted by Crippen LogP contribution is -2.44. The second-order valence-corrected chi connectivity index (χ2v) is 10.8. The molecule has 192 valence electrons. The third kappa shape index (κ3) is 3.72. The van der Waals surface area contributed by atoms with Crippen molar-refractivity contribution in [2.45, 2.75) is 24.2 Å². The summed E-state index contributed by atoms with van der Waals surface area (Å²) in [6, 6.07) is 16.7. The molecule has 0 amide bonds. The molecule has 2 aromatic heterocycles. The number of likely N-dealkylation sites (N-methyl/N-ethyl adjacent to an activating group) is 1. The molecular formula is C31H31N5O2. The molecule has 0 bridgehead atoms. The molecule has 1 saturated carbocycles. The highest BCUT2D eigenvalue weighted by Gasteiger charge is 2.64. The fourth-order valence-corrected chi connectivity index (χ4v) is 6.30. The zero-order valence-electron chi connectivity index (χ0n) is 21.8. The van der Waals surface area contributed by atoms with E-state index in [9.17, 15) is 4.79 Å². The number of aromatic amines is 1. The van der Waals surface area contributed by atoms with Gasteiger partial charge in [0.15, 0.2) is 0 Å². The third-order valence-corrected chi connectivity index (χ3v) is 8.66. The number of nitrogens with zero attached hydrogens (tertiary/aromatic N) is 4. The zero-order valence-corrected chi connectivity index (χ0v) is 21.8. The van der Waals surface area contributed by atoms with E-state index in [-0.39, 0.29) is 5.92 Å². The first-order valence-corrected chi connectivity index (χ1v) is 13.3. The number of carbonyl (C=O) groups is 1. The maximum atomic E-state index is 13.1. The summed E-state index contributed by atoms with van der Waals surface area (Å²) in [4.78, 5) is 22.5. The summed E-state index contributed by atoms with van der Waals surface area (Å²) in [5.74, 6) is 2.37. The standard InChI is InChI=1S/C31H31N5O2/c1-35-11-13-36(14-12-35)30-10-4-20(19-32-30)3-9-27-24-8-6-21(15-28(24)34-33-27)26-18-31(26)25-17-23(38-2)7-5-22(25)16-29(31)37/h3-10,15,17,19,26H,11-14,16,18H2,1-2H3,(H,33,34)/b9-3+/t26?,31-/m0/s1. The fourth-order valence-electron chi connectivity index (χ4n) is 6.30. The van der Waals surface area contributed by atoms with Gasteiger partial charge in [-0.2, -0.15) is 5.10 Å². The molecule has 38 heavy (non-hydrogen) atoms. The molecule has 3 aliphatic rings. The van der Waals surface area contributed by atoms with Gasteiger partial charge in [-0.05, 0) is 72.1 Å². The highest BCUT2D eigenvalue weighted by molar-refractivity contribution is 6.01. The smallest absolute Gasteiger partial charge is 0.148 e. The van der Waals surface area contributed by atoms with Gasteiger partial charge in [0.05, 0.1) is 23.7 Å². The summed E-state index contributed by atoms with van der Waals surface area (Å²) in [6.07, 6.45) is 7.39. The van der Waals surface area contributed by atoms with Crippen LogP contribution in [0.2, 0.25) is 0 Å². The summed E-state index contributed by atoms with van der Waals surface area (Å²) in [5, 5.41) is 8.83. The predicted molar refractivity (Wildman–Crippen MR) is 150 cm³/mol. The molecular weight excluding hydrogens is 474 g/mol. The molecule has 2 aliphatic carbocycles. The van der Waals surface area contributed by atoms with Crippen LogP contribution in [0.3, 0.4) is 0 Å². The number of aromatic nitrogens is 3. The number of piperazine rings is 1. The van der Waals surface area contributed by atoms with Gasteiger partial charge < -0.3 is 14.5 Å². The number of anilines is 1. The fraction of sp³-hybridized carbons (Fsp3) is 0.323. The lowest BCUT2D eigenvalue weighted by atomic mass is 9.91. The highest BCUT2D eigenvalue weighted by Crippen LogP contribution is 2.65. The highest BCUT2D eigenvalue weighted by atomic mass is 16.5. The number of rotatable bonds is 5. The summed E-state index contributed by atoms with van der Waals surface area (Å²) in [6.45, 7) is 4.16. The molecule has 2 atom stereocenters. The minimum Gasteiger partial charge on any atom is -0.497 e. The van der Waals surface area contributed by atoms with E-state index >= 15 is 0 Å². The number of pyridine rings is 1. The van der Waals surface area contributed by atoms with Crippen molar-refractivity contribution in [3.8, 4) is 5.75 Å². The Kier molecular flexibility index (Phi) is 5.37. The van der Waals surface area contributed by atoms with Gasteiger partial charge in [-0.25, -0.2) is 4.98 Å². The Labute approximate surface area is 222 Å². The number of ether oxygens (including phenoxy) is 1. The maximum Gasteiger partial charge on any atom is 0.148 e. The summed E-state index contributed by atoms with van der Waals surface area (Å²) >= 11 is 0. The van der Waals surface area contributed by atoms with Gasteiger partial charge in [0.1, 0.15) is 17.4 Å². The molecule has 1 unspecified atom stereocenters. The van der Waals surface area contributed by atoms with E-state index in [1.54, 1.807) is 7.11 Å².